The number of benzene rings is 2. The molecule has 0 spiro atoms. The highest BCUT2D eigenvalue weighted by Crippen LogP contribution is 2.28. The third-order valence-corrected chi connectivity index (χ3v) is 7.00. The molecule has 1 atom stereocenters. The number of hydrogen-bond donors (Lipinski definition) is 0. The maximum Gasteiger partial charge on any atom is 0.260 e. The van der Waals surface area contributed by atoms with Gasteiger partial charge in [-0.05, 0) is 62.6 Å². The van der Waals surface area contributed by atoms with E-state index >= 15 is 0 Å². The quantitative estimate of drug-likeness (QED) is 0.544. The van der Waals surface area contributed by atoms with E-state index in [9.17, 15) is 4.79 Å². The fraction of sp³-hybridized carbons (Fsp3) is 0.536. The minimum absolute atomic E-state index is 0.00919. The van der Waals surface area contributed by atoms with Crippen molar-refractivity contribution < 1.29 is 23.7 Å². The van der Waals surface area contributed by atoms with Gasteiger partial charge in [0.15, 0.2) is 6.61 Å². The fourth-order valence-electron chi connectivity index (χ4n) is 4.64. The fourth-order valence-corrected chi connectivity index (χ4v) is 4.64. The summed E-state index contributed by atoms with van der Waals surface area (Å²) in [5.41, 5.74) is 2.20. The van der Waals surface area contributed by atoms with Gasteiger partial charge in [0.05, 0.1) is 13.2 Å². The van der Waals surface area contributed by atoms with E-state index in [1.165, 1.54) is 11.1 Å². The van der Waals surface area contributed by atoms with Gasteiger partial charge in [0.1, 0.15) is 23.7 Å². The molecule has 4 rings (SSSR count). The molecule has 7 nitrogen and oxygen atoms in total. The monoisotopic (exact) mass is 482 g/mol. The first-order valence-corrected chi connectivity index (χ1v) is 12.6. The maximum absolute atomic E-state index is 12.3. The molecule has 2 aliphatic rings. The molecule has 0 radical (unpaired) electrons. The summed E-state index contributed by atoms with van der Waals surface area (Å²) in [4.78, 5) is 16.5. The van der Waals surface area contributed by atoms with Gasteiger partial charge in [-0.2, -0.15) is 0 Å². The van der Waals surface area contributed by atoms with E-state index in [0.29, 0.717) is 32.9 Å². The number of methoxy groups -OCH3 is 1. The molecule has 2 heterocycles. The lowest BCUT2D eigenvalue weighted by atomic mass is 9.95. The molecule has 0 saturated carbocycles. The Labute approximate surface area is 208 Å². The minimum Gasteiger partial charge on any atom is -0.491 e. The topological polar surface area (TPSA) is 60.5 Å². The predicted octanol–water partition coefficient (Wildman–Crippen LogP) is 3.68. The lowest BCUT2D eigenvalue weighted by molar-refractivity contribution is -0.137. The first-order chi connectivity index (χ1) is 17.0. The van der Waals surface area contributed by atoms with Gasteiger partial charge in [-0.1, -0.05) is 29.8 Å². The number of hydrogen-bond acceptors (Lipinski definition) is 6. The number of ether oxygens (including phenoxy) is 4. The molecule has 2 aromatic carbocycles. The average molecular weight is 483 g/mol. The zero-order chi connectivity index (χ0) is 24.5. The van der Waals surface area contributed by atoms with Crippen LogP contribution in [0, 0.1) is 6.92 Å². The van der Waals surface area contributed by atoms with Gasteiger partial charge >= 0.3 is 0 Å². The number of aryl methyl sites for hydroxylation is 1. The normalized spacial score (nSPS) is 21.4. The van der Waals surface area contributed by atoms with Crippen molar-refractivity contribution >= 4 is 5.91 Å². The van der Waals surface area contributed by atoms with E-state index in [4.69, 9.17) is 18.9 Å². The second-order valence-corrected chi connectivity index (χ2v) is 9.54. The Kier molecular flexibility index (Phi) is 9.01. The van der Waals surface area contributed by atoms with Crippen molar-refractivity contribution in [3.8, 4) is 11.5 Å². The summed E-state index contributed by atoms with van der Waals surface area (Å²) in [5, 5.41) is 0. The van der Waals surface area contributed by atoms with Crippen molar-refractivity contribution in [1.82, 2.24) is 9.80 Å². The summed E-state index contributed by atoms with van der Waals surface area (Å²) in [6.07, 6.45) is 2.98. The Bertz CT molecular complexity index is 927. The van der Waals surface area contributed by atoms with Gasteiger partial charge in [0.2, 0.25) is 0 Å². The zero-order valence-corrected chi connectivity index (χ0v) is 21.0. The molecule has 2 aromatic rings. The molecule has 7 heteroatoms. The highest BCUT2D eigenvalue weighted by molar-refractivity contribution is 5.77. The van der Waals surface area contributed by atoms with Crippen LogP contribution in [0.15, 0.2) is 48.5 Å². The third kappa shape index (κ3) is 7.43. The molecular weight excluding hydrogens is 444 g/mol. The molecule has 2 saturated heterocycles. The van der Waals surface area contributed by atoms with Crippen LogP contribution in [0.3, 0.4) is 0 Å². The van der Waals surface area contributed by atoms with Crippen LogP contribution < -0.4 is 9.47 Å². The molecule has 0 N–H and O–H groups in total. The lowest BCUT2D eigenvalue weighted by Gasteiger charge is -2.31. The molecule has 0 bridgehead atoms. The number of carbonyl (C=O) groups excluding carboxylic acids is 1. The van der Waals surface area contributed by atoms with Crippen LogP contribution >= 0.6 is 0 Å². The summed E-state index contributed by atoms with van der Waals surface area (Å²) in [5.74, 6) is 1.62. The van der Waals surface area contributed by atoms with Crippen LogP contribution in [0.4, 0.5) is 0 Å². The molecule has 1 unspecified atom stereocenters. The first kappa shape index (κ1) is 25.5. The summed E-state index contributed by atoms with van der Waals surface area (Å²) < 4.78 is 23.1. The average Bonchev–Trinajstić information content (AvgIpc) is 3.11. The summed E-state index contributed by atoms with van der Waals surface area (Å²) in [6, 6.07) is 16.3. The van der Waals surface area contributed by atoms with Crippen LogP contribution in [0.25, 0.3) is 0 Å². The smallest absolute Gasteiger partial charge is 0.260 e. The Hall–Kier alpha value is -2.61. The van der Waals surface area contributed by atoms with Crippen molar-refractivity contribution in [1.29, 1.82) is 0 Å². The van der Waals surface area contributed by atoms with E-state index in [1.54, 1.807) is 12.0 Å². The predicted molar refractivity (Wildman–Crippen MR) is 135 cm³/mol. The van der Waals surface area contributed by atoms with Gasteiger partial charge in [-0.25, -0.2) is 0 Å². The number of morpholine rings is 1. The Morgan fingerprint density at radius 3 is 2.31 bits per heavy atom. The van der Waals surface area contributed by atoms with Gasteiger partial charge < -0.3 is 23.8 Å². The van der Waals surface area contributed by atoms with E-state index in [0.717, 1.165) is 50.4 Å². The molecule has 0 aliphatic carbocycles. The lowest BCUT2D eigenvalue weighted by Crippen LogP contribution is -2.42. The van der Waals surface area contributed by atoms with Crippen molar-refractivity contribution in [2.75, 3.05) is 59.7 Å². The van der Waals surface area contributed by atoms with Gasteiger partial charge in [0.25, 0.3) is 5.91 Å². The number of likely N-dealkylation sites (tertiary alicyclic amines) is 1. The van der Waals surface area contributed by atoms with Crippen LogP contribution in [-0.2, 0) is 20.8 Å². The number of amides is 1. The van der Waals surface area contributed by atoms with E-state index in [-0.39, 0.29) is 18.1 Å². The summed E-state index contributed by atoms with van der Waals surface area (Å²) in [7, 11) is 1.80. The Morgan fingerprint density at radius 2 is 1.60 bits per heavy atom. The van der Waals surface area contributed by atoms with E-state index in [1.807, 2.05) is 24.3 Å². The number of rotatable bonds is 9. The molecule has 190 valence electrons. The standard InChI is InChI=1S/C28H38N2O5/c1-23-4-8-26(9-5-23)35-22-28(32-2)12-3-14-29(15-13-28)20-24-6-10-25(11-7-24)34-21-27(31)30-16-18-33-19-17-30/h4-11H,3,12-22H2,1-2H3. The molecule has 2 fully saturated rings. The second-order valence-electron chi connectivity index (χ2n) is 9.54. The van der Waals surface area contributed by atoms with E-state index < -0.39 is 0 Å². The minimum atomic E-state index is -0.260. The van der Waals surface area contributed by atoms with Crippen LogP contribution in [0.1, 0.15) is 30.4 Å². The van der Waals surface area contributed by atoms with Crippen molar-refractivity contribution in [3.63, 3.8) is 0 Å². The summed E-state index contributed by atoms with van der Waals surface area (Å²) in [6.45, 7) is 8.05. The maximum atomic E-state index is 12.3. The Balaban J connectivity index is 1.24. The van der Waals surface area contributed by atoms with Crippen molar-refractivity contribution in [2.45, 2.75) is 38.3 Å². The van der Waals surface area contributed by atoms with E-state index in [2.05, 4.69) is 36.1 Å². The van der Waals surface area contributed by atoms with Gasteiger partial charge in [-0.3, -0.25) is 9.69 Å². The van der Waals surface area contributed by atoms with Crippen LogP contribution in [0.2, 0.25) is 0 Å². The number of nitrogens with zero attached hydrogens (tertiary/aromatic N) is 2. The summed E-state index contributed by atoms with van der Waals surface area (Å²) >= 11 is 0. The molecule has 35 heavy (non-hydrogen) atoms. The van der Waals surface area contributed by atoms with Crippen LogP contribution in [0.5, 0.6) is 11.5 Å². The van der Waals surface area contributed by atoms with Crippen LogP contribution in [-0.4, -0.2) is 81.0 Å². The second kappa shape index (κ2) is 12.4. The molecule has 1 amide bonds. The first-order valence-electron chi connectivity index (χ1n) is 12.6. The number of carbonyl (C=O) groups is 1. The highest BCUT2D eigenvalue weighted by atomic mass is 16.5. The molecule has 2 aliphatic heterocycles. The SMILES string of the molecule is COC1(COc2ccc(C)cc2)CCCN(Cc2ccc(OCC(=O)N3CCOCC3)cc2)CC1. The highest BCUT2D eigenvalue weighted by Gasteiger charge is 2.33. The van der Waals surface area contributed by atoms with Gasteiger partial charge in [0, 0.05) is 33.3 Å². The zero-order valence-electron chi connectivity index (χ0n) is 21.0. The van der Waals surface area contributed by atoms with Gasteiger partial charge in [-0.15, -0.1) is 0 Å². The Morgan fingerprint density at radius 1 is 0.914 bits per heavy atom. The molecular formula is C28H38N2O5. The van der Waals surface area contributed by atoms with Crippen molar-refractivity contribution in [2.24, 2.45) is 0 Å². The third-order valence-electron chi connectivity index (χ3n) is 7.00. The largest absolute Gasteiger partial charge is 0.491 e. The van der Waals surface area contributed by atoms with Crippen molar-refractivity contribution in [3.05, 3.63) is 59.7 Å². The molecule has 0 aromatic heterocycles.